The van der Waals surface area contributed by atoms with Crippen LogP contribution in [0.5, 0.6) is 0 Å². The summed E-state index contributed by atoms with van der Waals surface area (Å²) in [5, 5.41) is 8.83. The summed E-state index contributed by atoms with van der Waals surface area (Å²) in [7, 11) is 0. The van der Waals surface area contributed by atoms with Gasteiger partial charge in [-0.25, -0.2) is 9.79 Å². The molecule has 0 bridgehead atoms. The normalized spacial score (nSPS) is 12.8. The van der Waals surface area contributed by atoms with E-state index >= 15 is 0 Å². The van der Waals surface area contributed by atoms with E-state index in [1.165, 1.54) is 6.08 Å². The highest BCUT2D eigenvalue weighted by Crippen LogP contribution is 2.13. The number of nitrogens with zero attached hydrogens (tertiary/aromatic N) is 1. The summed E-state index contributed by atoms with van der Waals surface area (Å²) in [6, 6.07) is 7.47. The number of halogens is 3. The fraction of sp³-hybridized carbons (Fsp3) is 0.100. The number of rotatable bonds is 0. The maximum absolute atomic E-state index is 10.7. The van der Waals surface area contributed by atoms with Crippen LogP contribution in [-0.2, 0) is 9.59 Å². The molecule has 7 heteroatoms. The zero-order valence-corrected chi connectivity index (χ0v) is 8.23. The second-order valence-corrected chi connectivity index (χ2v) is 2.96. The Hall–Kier alpha value is -2.18. The van der Waals surface area contributed by atoms with Crippen LogP contribution in [0, 0.1) is 0 Å². The molecule has 0 radical (unpaired) electrons. The van der Waals surface area contributed by atoms with Crippen molar-refractivity contribution in [1.82, 2.24) is 0 Å². The minimum atomic E-state index is -5.08. The molecular weight excluding hydrogens is 239 g/mol. The lowest BCUT2D eigenvalue weighted by Crippen LogP contribution is -2.21. The fourth-order valence-electron chi connectivity index (χ4n) is 0.995. The number of carbonyl (C=O) groups is 2. The first kappa shape index (κ1) is 12.9. The van der Waals surface area contributed by atoms with Gasteiger partial charge in [0.05, 0.1) is 5.36 Å². The first-order valence-corrected chi connectivity index (χ1v) is 4.30. The van der Waals surface area contributed by atoms with Crippen LogP contribution in [0.25, 0.3) is 6.08 Å². The minimum Gasteiger partial charge on any atom is -0.475 e. The maximum Gasteiger partial charge on any atom is 0.490 e. The summed E-state index contributed by atoms with van der Waals surface area (Å²) in [5.41, 5.74) is 0. The van der Waals surface area contributed by atoms with Gasteiger partial charge in [-0.15, -0.1) is 0 Å². The van der Waals surface area contributed by atoms with E-state index < -0.39 is 12.1 Å². The molecule has 17 heavy (non-hydrogen) atoms. The van der Waals surface area contributed by atoms with Crippen LogP contribution in [0.15, 0.2) is 29.3 Å². The van der Waals surface area contributed by atoms with Gasteiger partial charge in [-0.05, 0) is 6.07 Å². The molecule has 90 valence electrons. The number of para-hydroxylation sites is 1. The molecule has 0 atom stereocenters. The van der Waals surface area contributed by atoms with Crippen LogP contribution >= 0.6 is 0 Å². The van der Waals surface area contributed by atoms with Crippen molar-refractivity contribution in [2.45, 2.75) is 6.18 Å². The van der Waals surface area contributed by atoms with Crippen LogP contribution in [0.4, 0.5) is 13.2 Å². The number of amides is 1. The van der Waals surface area contributed by atoms with Gasteiger partial charge < -0.3 is 5.11 Å². The van der Waals surface area contributed by atoms with Crippen molar-refractivity contribution in [3.05, 3.63) is 34.8 Å². The van der Waals surface area contributed by atoms with Crippen molar-refractivity contribution in [2.24, 2.45) is 4.99 Å². The van der Waals surface area contributed by atoms with E-state index in [2.05, 4.69) is 4.99 Å². The van der Waals surface area contributed by atoms with Gasteiger partial charge in [0.1, 0.15) is 0 Å². The average Bonchev–Trinajstić information content (AvgIpc) is 2.57. The molecular formula is C10H6F3NO3. The highest BCUT2D eigenvalue weighted by molar-refractivity contribution is 6.06. The first-order valence-electron chi connectivity index (χ1n) is 4.30. The molecule has 4 nitrogen and oxygen atoms in total. The Morgan fingerprint density at radius 2 is 1.76 bits per heavy atom. The van der Waals surface area contributed by atoms with Crippen LogP contribution in [0.3, 0.4) is 0 Å². The topological polar surface area (TPSA) is 66.7 Å². The summed E-state index contributed by atoms with van der Waals surface area (Å²) < 4.78 is 31.7. The predicted molar refractivity (Wildman–Crippen MR) is 50.4 cm³/mol. The highest BCUT2D eigenvalue weighted by atomic mass is 19.4. The van der Waals surface area contributed by atoms with Crippen molar-refractivity contribution in [3.63, 3.8) is 0 Å². The number of fused-ring (bicyclic) bond motifs is 1. The number of carboxylic acids is 1. The predicted octanol–water partition coefficient (Wildman–Crippen LogP) is 0.260. The second kappa shape index (κ2) is 4.77. The Morgan fingerprint density at radius 1 is 1.24 bits per heavy atom. The van der Waals surface area contributed by atoms with Crippen molar-refractivity contribution < 1.29 is 27.9 Å². The van der Waals surface area contributed by atoms with E-state index in [1.54, 1.807) is 0 Å². The lowest BCUT2D eigenvalue weighted by molar-refractivity contribution is -0.192. The third-order valence-electron chi connectivity index (χ3n) is 1.69. The number of hydrogen-bond acceptors (Lipinski definition) is 2. The van der Waals surface area contributed by atoms with Crippen molar-refractivity contribution in [2.75, 3.05) is 0 Å². The lowest BCUT2D eigenvalue weighted by atomic mass is 10.3. The molecule has 0 spiro atoms. The summed E-state index contributed by atoms with van der Waals surface area (Å²) in [5.74, 6) is -2.91. The molecule has 0 aliphatic carbocycles. The molecule has 1 amide bonds. The van der Waals surface area contributed by atoms with Gasteiger partial charge in [0.2, 0.25) is 0 Å². The summed E-state index contributed by atoms with van der Waals surface area (Å²) in [6.45, 7) is 0. The Kier molecular flexibility index (Phi) is 3.62. The summed E-state index contributed by atoms with van der Waals surface area (Å²) in [6.07, 6.45) is -3.55. The zero-order valence-electron chi connectivity index (χ0n) is 8.23. The van der Waals surface area contributed by atoms with Crippen LogP contribution < -0.4 is 10.6 Å². The Balaban J connectivity index is 0.000000185. The zero-order chi connectivity index (χ0) is 13.1. The molecule has 1 aliphatic rings. The molecule has 1 aliphatic heterocycles. The minimum absolute atomic E-state index is 0.152. The van der Waals surface area contributed by atoms with Gasteiger partial charge in [-0.3, -0.25) is 4.79 Å². The quantitative estimate of drug-likeness (QED) is 0.713. The monoisotopic (exact) mass is 245 g/mol. The molecule has 0 saturated carbocycles. The van der Waals surface area contributed by atoms with Gasteiger partial charge in [-0.1, -0.05) is 18.2 Å². The molecule has 2 rings (SSSR count). The van der Waals surface area contributed by atoms with Crippen LogP contribution in [0.2, 0.25) is 0 Å². The van der Waals surface area contributed by atoms with Crippen LogP contribution in [-0.4, -0.2) is 23.2 Å². The molecule has 1 N–H and O–H groups in total. The van der Waals surface area contributed by atoms with Gasteiger partial charge in [0, 0.05) is 11.3 Å². The Bertz CT molecular complexity index is 526. The molecule has 0 unspecified atom stereocenters. The number of alkyl halides is 3. The number of carboxylic acid groups (broad SMARTS) is 1. The van der Waals surface area contributed by atoms with Crippen molar-refractivity contribution in [3.8, 4) is 0 Å². The first-order chi connectivity index (χ1) is 7.80. The van der Waals surface area contributed by atoms with Crippen molar-refractivity contribution in [1.29, 1.82) is 0 Å². The standard InChI is InChI=1S/C8H5NO.C2HF3O2/c10-8-5-6-3-1-2-4-7(6)9-8;3-2(4,5)1(6)7/h1-5H;(H,6,7). The molecule has 1 aromatic rings. The van der Waals surface area contributed by atoms with E-state index in [4.69, 9.17) is 9.90 Å². The number of benzene rings is 1. The van der Waals surface area contributed by atoms with E-state index in [0.717, 1.165) is 10.6 Å². The lowest BCUT2D eigenvalue weighted by Gasteiger charge is -1.93. The van der Waals surface area contributed by atoms with E-state index in [-0.39, 0.29) is 5.91 Å². The third-order valence-corrected chi connectivity index (χ3v) is 1.69. The van der Waals surface area contributed by atoms with Gasteiger partial charge >= 0.3 is 12.1 Å². The van der Waals surface area contributed by atoms with E-state index in [0.29, 0.717) is 0 Å². The Labute approximate surface area is 92.7 Å². The molecule has 0 saturated heterocycles. The van der Waals surface area contributed by atoms with Gasteiger partial charge in [0.25, 0.3) is 5.91 Å². The van der Waals surface area contributed by atoms with Crippen molar-refractivity contribution >= 4 is 18.0 Å². The summed E-state index contributed by atoms with van der Waals surface area (Å²) >= 11 is 0. The SMILES string of the molecule is O=C(O)C(F)(F)F.O=C1C=c2ccccc2=N1. The highest BCUT2D eigenvalue weighted by Gasteiger charge is 2.38. The second-order valence-electron chi connectivity index (χ2n) is 2.96. The number of aliphatic carboxylic acids is 1. The fourth-order valence-corrected chi connectivity index (χ4v) is 0.995. The number of hydrogen-bond donors (Lipinski definition) is 1. The largest absolute Gasteiger partial charge is 0.490 e. The maximum atomic E-state index is 10.7. The Morgan fingerprint density at radius 3 is 2.24 bits per heavy atom. The van der Waals surface area contributed by atoms with Gasteiger partial charge in [0.15, 0.2) is 0 Å². The van der Waals surface area contributed by atoms with Gasteiger partial charge in [-0.2, -0.15) is 13.2 Å². The molecule has 0 fully saturated rings. The average molecular weight is 245 g/mol. The van der Waals surface area contributed by atoms with E-state index in [9.17, 15) is 18.0 Å². The van der Waals surface area contributed by atoms with E-state index in [1.807, 2.05) is 24.3 Å². The third kappa shape index (κ3) is 3.71. The van der Waals surface area contributed by atoms with Crippen LogP contribution in [0.1, 0.15) is 0 Å². The summed E-state index contributed by atoms with van der Waals surface area (Å²) in [4.78, 5) is 23.3. The molecule has 1 aromatic carbocycles. The smallest absolute Gasteiger partial charge is 0.475 e. The molecule has 0 aromatic heterocycles. The molecule has 1 heterocycles. The number of carbonyl (C=O) groups excluding carboxylic acids is 1.